The van der Waals surface area contributed by atoms with Gasteiger partial charge in [0.2, 0.25) is 0 Å². The first-order valence-electron chi connectivity index (χ1n) is 44.8. The minimum Gasteiger partial charge on any atom is -0.371 e. The molecule has 42 heteroatoms. The van der Waals surface area contributed by atoms with Crippen LogP contribution in [-0.4, -0.2) is 77.9 Å². The summed E-state index contributed by atoms with van der Waals surface area (Å²) in [7, 11) is -16.1. The van der Waals surface area contributed by atoms with E-state index in [1.165, 1.54) is 53.7 Å². The number of nitrogens with zero attached hydrogens (tertiary/aromatic N) is 6. The molecule has 36 nitrogen and oxygen atoms in total. The molecule has 728 valence electrons. The summed E-state index contributed by atoms with van der Waals surface area (Å²) in [6.07, 6.45) is 26.2. The van der Waals surface area contributed by atoms with Crippen molar-refractivity contribution in [3.8, 4) is 34.5 Å². The number of nitrogens with two attached hydrogens (primary N) is 6. The molecular formula is C95H108N12O24S6. The van der Waals surface area contributed by atoms with Crippen molar-refractivity contribution in [3.63, 3.8) is 0 Å². The third-order valence-electron chi connectivity index (χ3n) is 25.5. The Balaban J connectivity index is 0.000000132. The first-order valence-corrected chi connectivity index (χ1v) is 53.6. The molecule has 0 spiro atoms. The van der Waals surface area contributed by atoms with Gasteiger partial charge >= 0.3 is 61.8 Å². The Morgan fingerprint density at radius 3 is 0.766 bits per heavy atom. The van der Waals surface area contributed by atoms with Gasteiger partial charge in [-0.25, -0.2) is 0 Å². The van der Waals surface area contributed by atoms with Crippen molar-refractivity contribution in [3.05, 3.63) is 263 Å². The van der Waals surface area contributed by atoms with Crippen LogP contribution in [0.1, 0.15) is 165 Å². The highest BCUT2D eigenvalue weighted by molar-refractivity contribution is 7.86. The highest BCUT2D eigenvalue weighted by atomic mass is 32.3. The van der Waals surface area contributed by atoms with Gasteiger partial charge in [-0.3, -0.25) is 28.8 Å². The second kappa shape index (κ2) is 41.2. The van der Waals surface area contributed by atoms with Crippen LogP contribution >= 0.6 is 0 Å². The monoisotopic (exact) mass is 1990 g/mol. The predicted octanol–water partition coefficient (Wildman–Crippen LogP) is 10.2. The van der Waals surface area contributed by atoms with Gasteiger partial charge in [-0.2, -0.15) is 81.3 Å². The van der Waals surface area contributed by atoms with Crippen molar-refractivity contribution >= 4 is 149 Å². The van der Waals surface area contributed by atoms with Crippen LogP contribution < -0.4 is 89.3 Å². The second-order valence-corrected chi connectivity index (χ2v) is 41.5. The van der Waals surface area contributed by atoms with E-state index >= 15 is 0 Å². The summed E-state index contributed by atoms with van der Waals surface area (Å²) in [5, 5.41) is 38.1. The van der Waals surface area contributed by atoms with E-state index in [0.717, 1.165) is 246 Å². The van der Waals surface area contributed by atoms with Crippen LogP contribution in [0, 0.1) is 0 Å². The largest absolute Gasteiger partial charge is 0.380 e. The van der Waals surface area contributed by atoms with Crippen molar-refractivity contribution in [1.29, 1.82) is 0 Å². The third-order valence-corrected chi connectivity index (χ3v) is 28.0. The van der Waals surface area contributed by atoms with E-state index in [0.29, 0.717) is 45.0 Å². The zero-order valence-electron chi connectivity index (χ0n) is 76.3. The Labute approximate surface area is 790 Å². The summed E-state index contributed by atoms with van der Waals surface area (Å²) in [6, 6.07) is 40.7. The smallest absolute Gasteiger partial charge is 0.371 e. The molecule has 0 saturated carbocycles. The van der Waals surface area contributed by atoms with Crippen molar-refractivity contribution in [2.24, 2.45) is 66.1 Å². The average Bonchev–Trinajstić information content (AvgIpc) is 0.736. The van der Waals surface area contributed by atoms with Crippen LogP contribution in [0.2, 0.25) is 0 Å². The Morgan fingerprint density at radius 1 is 0.234 bits per heavy atom. The van der Waals surface area contributed by atoms with E-state index in [9.17, 15) is 79.3 Å². The second-order valence-electron chi connectivity index (χ2n) is 34.6. The molecule has 19 rings (SSSR count). The van der Waals surface area contributed by atoms with Gasteiger partial charge < -0.3 is 52.5 Å². The molecule has 14 aromatic rings. The average molecular weight is 1990 g/mol. The van der Waals surface area contributed by atoms with E-state index in [-0.39, 0.29) is 67.9 Å². The van der Waals surface area contributed by atoms with Crippen molar-refractivity contribution < 1.29 is 75.6 Å². The lowest BCUT2D eigenvalue weighted by Gasteiger charge is -2.19. The van der Waals surface area contributed by atoms with Crippen LogP contribution in [0.25, 0.3) is 87.0 Å². The normalized spacial score (nSPS) is 14.8. The van der Waals surface area contributed by atoms with Crippen molar-refractivity contribution in [2.45, 2.75) is 180 Å². The van der Waals surface area contributed by atoms with Gasteiger partial charge in [0.1, 0.15) is 34.5 Å². The molecule has 0 bridgehead atoms. The maximum Gasteiger partial charge on any atom is 0.380 e. The van der Waals surface area contributed by atoms with Crippen molar-refractivity contribution in [1.82, 2.24) is 27.4 Å². The van der Waals surface area contributed by atoms with Crippen LogP contribution in [0.4, 0.5) is 0 Å². The summed E-state index contributed by atoms with van der Waals surface area (Å²) in [5.74, 6) is 0.604. The molecule has 6 aromatic heterocycles. The summed E-state index contributed by atoms with van der Waals surface area (Å²) in [4.78, 5) is 75.9. The van der Waals surface area contributed by atoms with Crippen LogP contribution in [-0.2, 0) is 168 Å². The molecule has 0 unspecified atom stereocenters. The molecule has 5 aliphatic rings. The van der Waals surface area contributed by atoms with Crippen LogP contribution in [0.15, 0.2) is 174 Å². The molecule has 137 heavy (non-hydrogen) atoms. The molecule has 5 aliphatic carbocycles. The maximum atomic E-state index is 13.0. The summed E-state index contributed by atoms with van der Waals surface area (Å²) < 4.78 is 171. The lowest BCUT2D eigenvalue weighted by molar-refractivity contribution is 0.486. The van der Waals surface area contributed by atoms with E-state index in [1.54, 1.807) is 137 Å². The molecule has 0 fully saturated rings. The lowest BCUT2D eigenvalue weighted by atomic mass is 9.87. The number of aromatic nitrogens is 6. The summed E-state index contributed by atoms with van der Waals surface area (Å²) >= 11 is 0. The van der Waals surface area contributed by atoms with E-state index in [4.69, 9.17) is 51.7 Å². The van der Waals surface area contributed by atoms with Crippen LogP contribution in [0.5, 0.6) is 34.5 Å². The summed E-state index contributed by atoms with van der Waals surface area (Å²) in [5.41, 5.74) is 13.9. The SMILES string of the molecule is CCn1c(=O)c2ccccc2c2ccc(OS(N)(=O)=O)cc21.Cn1c(=O)c2c(c3ccc(OS(N)(=O)=O)cc31)CCCC2.Cn1c(=O)c2c(c3ccc(OS(N)(=O)=O)cc31)CCCCC2.Cn1c(=O)c2c(c3ccc(OS(N)(=O)=O)cc31)CCCCCC2.Cn1c(=O)c2c(c3ccc(OS(N)(=O)=O)cc31)CCCCCCC2.Cn1c(=O)c2c3c(ccc2c2ccc(OS(N)(=O)=O)cc21)CCCC3. The van der Waals surface area contributed by atoms with Gasteiger partial charge in [-0.1, -0.05) is 68.9 Å². The zero-order valence-corrected chi connectivity index (χ0v) is 81.2. The number of hydrogen-bond donors (Lipinski definition) is 6. The van der Waals surface area contributed by atoms with Gasteiger partial charge in [0.05, 0.1) is 38.5 Å². The number of rotatable bonds is 13. The summed E-state index contributed by atoms with van der Waals surface area (Å²) in [6.45, 7) is 2.31. The Kier molecular flexibility index (Phi) is 30.3. The molecule has 0 amide bonds. The molecule has 0 radical (unpaired) electrons. The van der Waals surface area contributed by atoms with Crippen molar-refractivity contribution in [2.75, 3.05) is 0 Å². The van der Waals surface area contributed by atoms with E-state index < -0.39 is 61.8 Å². The van der Waals surface area contributed by atoms with E-state index in [2.05, 4.69) is 10.2 Å². The minimum absolute atomic E-state index is 0.00726. The first kappa shape index (κ1) is 101. The fraction of sp³-hybridized carbons (Fsp3) is 0.347. The minimum atomic E-state index is -4.11. The highest BCUT2D eigenvalue weighted by Gasteiger charge is 2.27. The Bertz CT molecular complexity index is 8350. The molecule has 8 aromatic carbocycles. The fourth-order valence-corrected chi connectivity index (χ4v) is 21.6. The standard InChI is InChI=1S/C18H18N2O4S.C17H22N2O4S.C16H20N2O4S.C15H18N2O4S.C15H14N2O4S.C14H16N2O4S/c1-20-16-10-12(24-25(19,22)23)7-9-14(16)15-8-6-11-4-2-3-5-13(11)17(15)18(20)21;1-19-16-11-12(23-24(18,21)22)9-10-14(16)13-7-5-3-2-4-6-8-15(13)17(19)20;1-18-15-10-11(22-23(17,20)21)8-9-13(15)12-6-4-2-3-5-7-14(12)16(18)19;1-17-14-9-10(21-22(16,19)20)7-8-12(14)11-5-3-2-4-6-13(11)15(17)18;1-2-17-14-9-10(21-22(16,19)20)7-8-12(14)11-5-3-4-6-13(11)15(17)18;1-16-13-8-9(20-21(15,18)19)6-7-11(13)10-4-2-3-5-12(10)14(16)17/h6-10H,2-5H2,1H3,(H2,19,22,23);9-11H,2-8H2,1H3,(H2,18,21,22);8-10H,2-7H2,1H3,(H2,17,20,21);7-9H,2-6H2,1H3,(H2,16,19,20);3-9H,2H2,1H3,(H2,16,19,20);6-8H,2-5H2,1H3,(H2,15,18,19). The fourth-order valence-electron chi connectivity index (χ4n) is 19.4. The number of aryl methyl sites for hydroxylation is 12. The van der Waals surface area contributed by atoms with E-state index in [1.807, 2.05) is 43.3 Å². The number of benzene rings is 8. The predicted molar refractivity (Wildman–Crippen MR) is 528 cm³/mol. The molecule has 0 atom stereocenters. The Morgan fingerprint density at radius 2 is 0.460 bits per heavy atom. The third kappa shape index (κ3) is 23.6. The molecule has 0 saturated heterocycles. The topological polar surface area (TPSA) is 548 Å². The molecular weight excluding hydrogens is 1890 g/mol. The maximum absolute atomic E-state index is 13.0. The first-order chi connectivity index (χ1) is 64.7. The molecule has 6 heterocycles. The highest BCUT2D eigenvalue weighted by Crippen LogP contribution is 2.38. The molecule has 0 aliphatic heterocycles. The van der Waals surface area contributed by atoms with Gasteiger partial charge in [0, 0.05) is 138 Å². The number of fused-ring (bicyclic) bond motifs is 20. The van der Waals surface area contributed by atoms with Crippen LogP contribution in [0.3, 0.4) is 0 Å². The van der Waals surface area contributed by atoms with Gasteiger partial charge in [-0.15, -0.1) is 0 Å². The Hall–Kier alpha value is -12.2. The van der Waals surface area contributed by atoms with Gasteiger partial charge in [0.15, 0.2) is 0 Å². The van der Waals surface area contributed by atoms with Gasteiger partial charge in [-0.05, 0) is 258 Å². The molecule has 12 N–H and O–H groups in total. The quantitative estimate of drug-likeness (QED) is 0.0461. The number of hydrogen-bond acceptors (Lipinski definition) is 24. The lowest BCUT2D eigenvalue weighted by Crippen LogP contribution is -2.26. The van der Waals surface area contributed by atoms with Gasteiger partial charge in [0.25, 0.3) is 33.4 Å². The number of pyridine rings is 6. The zero-order chi connectivity index (χ0) is 98.7.